The SMILES string of the molecule is CCCNC(=O)c1ccc(N[C@H](CC(C)C)c2ccc(-c3nnc(-c4ccccc4)o3)cc2)cc1. The van der Waals surface area contributed by atoms with Crippen molar-refractivity contribution in [2.75, 3.05) is 11.9 Å². The minimum absolute atomic E-state index is 0.0378. The van der Waals surface area contributed by atoms with Crippen LogP contribution in [0.15, 0.2) is 83.3 Å². The van der Waals surface area contributed by atoms with Crippen LogP contribution in [0.1, 0.15) is 55.6 Å². The quantitative estimate of drug-likeness (QED) is 0.269. The van der Waals surface area contributed by atoms with Crippen molar-refractivity contribution in [1.82, 2.24) is 15.5 Å². The highest BCUT2D eigenvalue weighted by molar-refractivity contribution is 5.94. The molecule has 0 saturated carbocycles. The number of nitrogens with zero attached hydrogens (tertiary/aromatic N) is 2. The normalized spacial score (nSPS) is 11.9. The van der Waals surface area contributed by atoms with E-state index in [4.69, 9.17) is 4.42 Å². The van der Waals surface area contributed by atoms with Crippen LogP contribution in [0.4, 0.5) is 5.69 Å². The Morgan fingerprint density at radius 3 is 2.09 bits per heavy atom. The van der Waals surface area contributed by atoms with E-state index in [9.17, 15) is 4.79 Å². The summed E-state index contributed by atoms with van der Waals surface area (Å²) in [4.78, 5) is 12.2. The van der Waals surface area contributed by atoms with Gasteiger partial charge in [0.05, 0.1) is 6.04 Å². The second-order valence-electron chi connectivity index (χ2n) is 9.06. The van der Waals surface area contributed by atoms with E-state index in [0.717, 1.165) is 29.7 Å². The number of rotatable bonds is 10. The second kappa shape index (κ2) is 11.5. The zero-order chi connectivity index (χ0) is 24.6. The molecule has 0 aliphatic heterocycles. The number of carbonyl (C=O) groups is 1. The topological polar surface area (TPSA) is 80.0 Å². The van der Waals surface area contributed by atoms with E-state index in [0.29, 0.717) is 29.8 Å². The van der Waals surface area contributed by atoms with Crippen molar-refractivity contribution in [3.8, 4) is 22.9 Å². The molecule has 180 valence electrons. The van der Waals surface area contributed by atoms with E-state index in [2.05, 4.69) is 46.8 Å². The van der Waals surface area contributed by atoms with Crippen LogP contribution in [0, 0.1) is 5.92 Å². The van der Waals surface area contributed by atoms with Gasteiger partial charge in [0.2, 0.25) is 11.8 Å². The third kappa shape index (κ3) is 6.35. The Hall–Kier alpha value is -3.93. The molecule has 0 saturated heterocycles. The smallest absolute Gasteiger partial charge is 0.251 e. The lowest BCUT2D eigenvalue weighted by Gasteiger charge is -2.22. The number of aromatic nitrogens is 2. The third-order valence-corrected chi connectivity index (χ3v) is 5.74. The molecule has 6 nitrogen and oxygen atoms in total. The zero-order valence-electron chi connectivity index (χ0n) is 20.5. The summed E-state index contributed by atoms with van der Waals surface area (Å²) in [7, 11) is 0. The number of benzene rings is 3. The lowest BCUT2D eigenvalue weighted by atomic mass is 9.96. The number of hydrogen-bond donors (Lipinski definition) is 2. The standard InChI is InChI=1S/C29H32N4O2/c1-4-18-30-27(34)22-14-16-25(17-15-22)31-26(19-20(2)3)21-10-12-24(13-11-21)29-33-32-28(35-29)23-8-6-5-7-9-23/h5-17,20,26,31H,4,18-19H2,1-3H3,(H,30,34)/t26-/m1/s1. The number of amides is 1. The fourth-order valence-corrected chi connectivity index (χ4v) is 3.90. The van der Waals surface area contributed by atoms with Gasteiger partial charge in [-0.25, -0.2) is 0 Å². The molecule has 4 rings (SSSR count). The van der Waals surface area contributed by atoms with Crippen molar-refractivity contribution in [2.24, 2.45) is 5.92 Å². The monoisotopic (exact) mass is 468 g/mol. The maximum Gasteiger partial charge on any atom is 0.251 e. The lowest BCUT2D eigenvalue weighted by Crippen LogP contribution is -2.23. The van der Waals surface area contributed by atoms with Crippen molar-refractivity contribution < 1.29 is 9.21 Å². The largest absolute Gasteiger partial charge is 0.416 e. The Balaban J connectivity index is 1.48. The summed E-state index contributed by atoms with van der Waals surface area (Å²) in [6.07, 6.45) is 1.89. The summed E-state index contributed by atoms with van der Waals surface area (Å²) in [5.41, 5.74) is 4.61. The molecule has 0 aliphatic rings. The van der Waals surface area contributed by atoms with Gasteiger partial charge in [0.15, 0.2) is 0 Å². The average Bonchev–Trinajstić information content (AvgIpc) is 3.38. The summed E-state index contributed by atoms with van der Waals surface area (Å²) < 4.78 is 5.90. The van der Waals surface area contributed by atoms with Crippen molar-refractivity contribution >= 4 is 11.6 Å². The second-order valence-corrected chi connectivity index (χ2v) is 9.06. The Labute approximate surface area is 206 Å². The Morgan fingerprint density at radius 2 is 1.49 bits per heavy atom. The van der Waals surface area contributed by atoms with Gasteiger partial charge in [0, 0.05) is 28.9 Å². The fraction of sp³-hybridized carbons (Fsp3) is 0.276. The Kier molecular flexibility index (Phi) is 7.93. The van der Waals surface area contributed by atoms with Gasteiger partial charge in [-0.3, -0.25) is 4.79 Å². The molecule has 0 unspecified atom stereocenters. The third-order valence-electron chi connectivity index (χ3n) is 5.74. The first kappa shape index (κ1) is 24.2. The van der Waals surface area contributed by atoms with Gasteiger partial charge >= 0.3 is 0 Å². The van der Waals surface area contributed by atoms with Crippen LogP contribution >= 0.6 is 0 Å². The Bertz CT molecular complexity index is 1220. The minimum atomic E-state index is -0.0378. The van der Waals surface area contributed by atoms with E-state index in [1.807, 2.05) is 73.7 Å². The van der Waals surface area contributed by atoms with E-state index >= 15 is 0 Å². The summed E-state index contributed by atoms with van der Waals surface area (Å²) in [5, 5.41) is 15.0. The van der Waals surface area contributed by atoms with Gasteiger partial charge in [0.1, 0.15) is 0 Å². The molecule has 6 heteroatoms. The predicted octanol–water partition coefficient (Wildman–Crippen LogP) is 6.74. The van der Waals surface area contributed by atoms with Crippen LogP contribution in [0.25, 0.3) is 22.9 Å². The number of hydrogen-bond acceptors (Lipinski definition) is 5. The maximum absolute atomic E-state index is 12.2. The summed E-state index contributed by atoms with van der Waals surface area (Å²) in [6.45, 7) is 7.16. The molecule has 1 atom stereocenters. The molecule has 3 aromatic carbocycles. The van der Waals surface area contributed by atoms with E-state index in [1.165, 1.54) is 5.56 Å². The highest BCUT2D eigenvalue weighted by atomic mass is 16.4. The van der Waals surface area contributed by atoms with Gasteiger partial charge in [-0.05, 0) is 72.9 Å². The number of carbonyl (C=O) groups excluding carboxylic acids is 1. The number of nitrogens with one attached hydrogen (secondary N) is 2. The van der Waals surface area contributed by atoms with Gasteiger partial charge in [-0.2, -0.15) is 0 Å². The molecular weight excluding hydrogens is 436 g/mol. The summed E-state index contributed by atoms with van der Waals surface area (Å²) in [6, 6.07) is 25.8. The molecule has 1 heterocycles. The van der Waals surface area contributed by atoms with Crippen LogP contribution in [0.3, 0.4) is 0 Å². The van der Waals surface area contributed by atoms with Gasteiger partial charge in [-0.15, -0.1) is 10.2 Å². The van der Waals surface area contributed by atoms with Crippen molar-refractivity contribution in [1.29, 1.82) is 0 Å². The molecule has 35 heavy (non-hydrogen) atoms. The van der Waals surface area contributed by atoms with Crippen LogP contribution in [-0.2, 0) is 0 Å². The zero-order valence-corrected chi connectivity index (χ0v) is 20.5. The lowest BCUT2D eigenvalue weighted by molar-refractivity contribution is 0.0953. The average molecular weight is 469 g/mol. The molecule has 1 amide bonds. The van der Waals surface area contributed by atoms with Gasteiger partial charge in [-0.1, -0.05) is 51.1 Å². The van der Waals surface area contributed by atoms with Crippen LogP contribution in [-0.4, -0.2) is 22.6 Å². The molecule has 0 bridgehead atoms. The van der Waals surface area contributed by atoms with Gasteiger partial charge in [0.25, 0.3) is 5.91 Å². The highest BCUT2D eigenvalue weighted by Gasteiger charge is 2.16. The summed E-state index contributed by atoms with van der Waals surface area (Å²) >= 11 is 0. The fourth-order valence-electron chi connectivity index (χ4n) is 3.90. The number of anilines is 1. The molecule has 0 aliphatic carbocycles. The van der Waals surface area contributed by atoms with E-state index in [1.54, 1.807) is 0 Å². The molecule has 4 aromatic rings. The van der Waals surface area contributed by atoms with Gasteiger partial charge < -0.3 is 15.1 Å². The Morgan fingerprint density at radius 1 is 0.857 bits per heavy atom. The van der Waals surface area contributed by atoms with Crippen LogP contribution in [0.2, 0.25) is 0 Å². The molecule has 2 N–H and O–H groups in total. The first-order valence-corrected chi connectivity index (χ1v) is 12.2. The van der Waals surface area contributed by atoms with Crippen molar-refractivity contribution in [3.63, 3.8) is 0 Å². The van der Waals surface area contributed by atoms with E-state index in [-0.39, 0.29) is 11.9 Å². The first-order valence-electron chi connectivity index (χ1n) is 12.2. The van der Waals surface area contributed by atoms with E-state index < -0.39 is 0 Å². The molecule has 0 spiro atoms. The predicted molar refractivity (Wildman–Crippen MR) is 140 cm³/mol. The van der Waals surface area contributed by atoms with Crippen LogP contribution in [0.5, 0.6) is 0 Å². The maximum atomic E-state index is 12.2. The molecule has 0 fully saturated rings. The van der Waals surface area contributed by atoms with Crippen LogP contribution < -0.4 is 10.6 Å². The molecule has 1 aromatic heterocycles. The molecule has 0 radical (unpaired) electrons. The van der Waals surface area contributed by atoms with Crippen molar-refractivity contribution in [2.45, 2.75) is 39.7 Å². The minimum Gasteiger partial charge on any atom is -0.416 e. The first-order chi connectivity index (χ1) is 17.0. The molecular formula is C29H32N4O2. The van der Waals surface area contributed by atoms with Crippen molar-refractivity contribution in [3.05, 3.63) is 90.0 Å². The summed E-state index contributed by atoms with van der Waals surface area (Å²) in [5.74, 6) is 1.48. The highest BCUT2D eigenvalue weighted by Crippen LogP contribution is 2.29.